The van der Waals surface area contributed by atoms with E-state index in [9.17, 15) is 13.2 Å². The number of alkyl halides is 3. The lowest BCUT2D eigenvalue weighted by Crippen LogP contribution is -2.07. The van der Waals surface area contributed by atoms with Gasteiger partial charge in [-0.05, 0) is 37.8 Å². The molecule has 0 N–H and O–H groups in total. The third-order valence-corrected chi connectivity index (χ3v) is 4.71. The first-order valence-electron chi connectivity index (χ1n) is 8.36. The molecule has 2 aromatic rings. The van der Waals surface area contributed by atoms with E-state index in [4.69, 9.17) is 9.68 Å². The zero-order valence-corrected chi connectivity index (χ0v) is 16.8. The maximum absolute atomic E-state index is 12.9. The van der Waals surface area contributed by atoms with Gasteiger partial charge in [0.2, 0.25) is 0 Å². The van der Waals surface area contributed by atoms with Gasteiger partial charge in [-0.2, -0.15) is 13.2 Å². The molecule has 0 aliphatic rings. The molecule has 0 saturated heterocycles. The Morgan fingerprint density at radius 1 is 1.11 bits per heavy atom. The number of hydrogen-bond donors (Lipinski definition) is 0. The Morgan fingerprint density at radius 2 is 1.82 bits per heavy atom. The molecule has 2 rings (SSSR count). The van der Waals surface area contributed by atoms with Gasteiger partial charge in [0.1, 0.15) is 18.8 Å². The molecule has 0 aliphatic heterocycles. The lowest BCUT2D eigenvalue weighted by molar-refractivity contribution is -0.137. The quantitative estimate of drug-likeness (QED) is 0.352. The molecular weight excluding hydrogens is 389 g/mol. The fourth-order valence-corrected chi connectivity index (χ4v) is 3.10. The van der Waals surface area contributed by atoms with E-state index in [0.717, 1.165) is 28.8 Å². The summed E-state index contributed by atoms with van der Waals surface area (Å²) < 4.78 is 38.8. The van der Waals surface area contributed by atoms with Crippen LogP contribution in [0.15, 0.2) is 52.8 Å². The molecule has 0 heterocycles. The van der Waals surface area contributed by atoms with E-state index >= 15 is 0 Å². The number of oxime groups is 2. The van der Waals surface area contributed by atoms with E-state index in [1.54, 1.807) is 12.3 Å². The van der Waals surface area contributed by atoms with Gasteiger partial charge in [0.25, 0.3) is 0 Å². The Morgan fingerprint density at radius 3 is 2.46 bits per heavy atom. The molecule has 28 heavy (non-hydrogen) atoms. The van der Waals surface area contributed by atoms with Crippen LogP contribution in [-0.4, -0.2) is 24.1 Å². The van der Waals surface area contributed by atoms with Gasteiger partial charge >= 0.3 is 6.18 Å². The molecule has 2 aromatic carbocycles. The van der Waals surface area contributed by atoms with E-state index in [2.05, 4.69) is 10.3 Å². The minimum Gasteiger partial charge on any atom is -0.399 e. The summed E-state index contributed by atoms with van der Waals surface area (Å²) in [7, 11) is 1.47. The van der Waals surface area contributed by atoms with Crippen molar-refractivity contribution in [2.45, 2.75) is 26.6 Å². The average molecular weight is 410 g/mol. The predicted molar refractivity (Wildman–Crippen MR) is 107 cm³/mol. The van der Waals surface area contributed by atoms with E-state index in [-0.39, 0.29) is 6.61 Å². The fourth-order valence-electron chi connectivity index (χ4n) is 2.61. The monoisotopic (exact) mass is 410 g/mol. The molecule has 0 spiro atoms. The van der Waals surface area contributed by atoms with Crippen molar-refractivity contribution in [2.75, 3.05) is 13.4 Å². The standard InChI is InChI=1S/C20H21F3N2O2S/c1-13-7-5-10-17(14(2)24-26-3)18(13)12-27-25-19(28-4)15-8-6-9-16(11-15)20(21,22)23/h5-11H,12H2,1-4H3/b24-14-,25-19-. The summed E-state index contributed by atoms with van der Waals surface area (Å²) in [5.41, 5.74) is 3.06. The summed E-state index contributed by atoms with van der Waals surface area (Å²) in [6, 6.07) is 10.8. The van der Waals surface area contributed by atoms with Crippen molar-refractivity contribution in [1.82, 2.24) is 0 Å². The molecule has 0 fully saturated rings. The number of nitrogens with zero attached hydrogens (tertiary/aromatic N) is 2. The van der Waals surface area contributed by atoms with Crippen molar-refractivity contribution in [1.29, 1.82) is 0 Å². The highest BCUT2D eigenvalue weighted by atomic mass is 32.2. The Hall–Kier alpha value is -2.48. The fraction of sp³-hybridized carbons (Fsp3) is 0.300. The van der Waals surface area contributed by atoms with Crippen LogP contribution in [0.5, 0.6) is 0 Å². The average Bonchev–Trinajstić information content (AvgIpc) is 2.66. The first-order chi connectivity index (χ1) is 13.3. The second-order valence-electron chi connectivity index (χ2n) is 5.91. The molecule has 0 saturated carbocycles. The highest BCUT2D eigenvalue weighted by Crippen LogP contribution is 2.30. The van der Waals surface area contributed by atoms with Gasteiger partial charge in [0.15, 0.2) is 0 Å². The van der Waals surface area contributed by atoms with Crippen LogP contribution in [-0.2, 0) is 22.5 Å². The molecule has 0 bridgehead atoms. The summed E-state index contributed by atoms with van der Waals surface area (Å²) in [5, 5.41) is 8.37. The number of thioether (sulfide) groups is 1. The molecule has 0 amide bonds. The van der Waals surface area contributed by atoms with Crippen LogP contribution in [0.3, 0.4) is 0 Å². The maximum atomic E-state index is 12.9. The molecular formula is C20H21F3N2O2S. The van der Waals surface area contributed by atoms with Crippen LogP contribution in [0, 0.1) is 6.92 Å². The molecule has 0 aliphatic carbocycles. The molecule has 0 radical (unpaired) electrons. The smallest absolute Gasteiger partial charge is 0.399 e. The van der Waals surface area contributed by atoms with Crippen LogP contribution in [0.1, 0.15) is 34.7 Å². The van der Waals surface area contributed by atoms with Gasteiger partial charge in [-0.25, -0.2) is 0 Å². The van der Waals surface area contributed by atoms with Gasteiger partial charge in [-0.3, -0.25) is 0 Å². The lowest BCUT2D eigenvalue weighted by atomic mass is 10.00. The zero-order chi connectivity index (χ0) is 20.7. The van der Waals surface area contributed by atoms with Gasteiger partial charge in [0, 0.05) is 16.7 Å². The Balaban J connectivity index is 2.25. The van der Waals surface area contributed by atoms with E-state index in [0.29, 0.717) is 16.3 Å². The molecule has 0 unspecified atom stereocenters. The predicted octanol–water partition coefficient (Wildman–Crippen LogP) is 5.63. The summed E-state index contributed by atoms with van der Waals surface area (Å²) >= 11 is 1.21. The van der Waals surface area contributed by atoms with Crippen LogP contribution in [0.25, 0.3) is 0 Å². The summed E-state index contributed by atoms with van der Waals surface area (Å²) in [6.07, 6.45) is -2.67. The second-order valence-corrected chi connectivity index (χ2v) is 6.71. The highest BCUT2D eigenvalue weighted by Gasteiger charge is 2.30. The van der Waals surface area contributed by atoms with Crippen LogP contribution in [0.2, 0.25) is 0 Å². The van der Waals surface area contributed by atoms with E-state index in [1.165, 1.54) is 24.9 Å². The van der Waals surface area contributed by atoms with Crippen molar-refractivity contribution in [3.8, 4) is 0 Å². The summed E-state index contributed by atoms with van der Waals surface area (Å²) in [6.45, 7) is 3.91. The number of rotatable bonds is 6. The van der Waals surface area contributed by atoms with Gasteiger partial charge in [-0.1, -0.05) is 40.6 Å². The van der Waals surface area contributed by atoms with Crippen LogP contribution in [0.4, 0.5) is 13.2 Å². The molecule has 150 valence electrons. The molecule has 0 aromatic heterocycles. The second kappa shape index (κ2) is 9.64. The zero-order valence-electron chi connectivity index (χ0n) is 16.0. The number of aryl methyl sites for hydroxylation is 1. The SMILES string of the molecule is CO/N=C(/C)c1cccc(C)c1CO/N=C(\SC)c1cccc(C(F)(F)F)c1. The first-order valence-corrected chi connectivity index (χ1v) is 9.58. The third-order valence-electron chi connectivity index (χ3n) is 4.01. The highest BCUT2D eigenvalue weighted by molar-refractivity contribution is 8.13. The van der Waals surface area contributed by atoms with Crippen molar-refractivity contribution < 1.29 is 22.8 Å². The van der Waals surface area contributed by atoms with Crippen molar-refractivity contribution in [3.05, 3.63) is 70.3 Å². The number of halogens is 3. The lowest BCUT2D eigenvalue weighted by Gasteiger charge is -2.12. The van der Waals surface area contributed by atoms with Crippen LogP contribution < -0.4 is 0 Å². The number of benzene rings is 2. The van der Waals surface area contributed by atoms with Gasteiger partial charge in [0.05, 0.1) is 11.3 Å². The Labute approximate surface area is 166 Å². The third kappa shape index (κ3) is 5.51. The topological polar surface area (TPSA) is 43.2 Å². The molecule has 8 heteroatoms. The minimum absolute atomic E-state index is 0.154. The first kappa shape index (κ1) is 21.8. The molecule has 4 nitrogen and oxygen atoms in total. The van der Waals surface area contributed by atoms with Crippen molar-refractivity contribution in [3.63, 3.8) is 0 Å². The van der Waals surface area contributed by atoms with E-state index < -0.39 is 11.7 Å². The largest absolute Gasteiger partial charge is 0.416 e. The van der Waals surface area contributed by atoms with E-state index in [1.807, 2.05) is 32.0 Å². The minimum atomic E-state index is -4.41. The van der Waals surface area contributed by atoms with Crippen LogP contribution >= 0.6 is 11.8 Å². The van der Waals surface area contributed by atoms with Crippen molar-refractivity contribution in [2.24, 2.45) is 10.3 Å². The maximum Gasteiger partial charge on any atom is 0.416 e. The Kier molecular flexibility index (Phi) is 7.51. The number of hydrogen-bond acceptors (Lipinski definition) is 5. The van der Waals surface area contributed by atoms with Crippen molar-refractivity contribution >= 4 is 22.5 Å². The van der Waals surface area contributed by atoms with Gasteiger partial charge in [-0.15, -0.1) is 11.8 Å². The summed E-state index contributed by atoms with van der Waals surface area (Å²) in [5.74, 6) is 0. The van der Waals surface area contributed by atoms with Gasteiger partial charge < -0.3 is 9.68 Å². The molecule has 0 atom stereocenters. The Bertz CT molecular complexity index is 880. The summed E-state index contributed by atoms with van der Waals surface area (Å²) in [4.78, 5) is 10.3. The normalized spacial score (nSPS) is 12.8.